The van der Waals surface area contributed by atoms with Crippen LogP contribution in [0.2, 0.25) is 0 Å². The van der Waals surface area contributed by atoms with Crippen LogP contribution < -0.4 is 0 Å². The molecular formula is C9H14N2O2. The first-order valence-corrected chi connectivity index (χ1v) is 4.13. The SMILES string of the molecule is CC1(C)C=C(N=C=O)C(C)(C)N1O. The molecule has 0 unspecified atom stereocenters. The second kappa shape index (κ2) is 2.77. The van der Waals surface area contributed by atoms with Crippen molar-refractivity contribution in [1.82, 2.24) is 5.06 Å². The molecule has 72 valence electrons. The third-order valence-corrected chi connectivity index (χ3v) is 2.36. The molecule has 1 heterocycles. The third kappa shape index (κ3) is 1.44. The molecule has 0 aromatic carbocycles. The first-order chi connectivity index (χ1) is 5.82. The quantitative estimate of drug-likeness (QED) is 0.493. The highest BCUT2D eigenvalue weighted by Gasteiger charge is 2.45. The van der Waals surface area contributed by atoms with Gasteiger partial charge in [-0.1, -0.05) is 0 Å². The molecule has 1 aliphatic heterocycles. The van der Waals surface area contributed by atoms with E-state index in [1.807, 2.05) is 13.8 Å². The fourth-order valence-electron chi connectivity index (χ4n) is 1.62. The molecule has 0 aromatic heterocycles. The average Bonchev–Trinajstić information content (AvgIpc) is 2.14. The van der Waals surface area contributed by atoms with Crippen molar-refractivity contribution in [3.63, 3.8) is 0 Å². The molecule has 0 amide bonds. The maximum atomic E-state index is 10.1. The molecular weight excluding hydrogens is 168 g/mol. The number of carbonyl (C=O) groups excluding carboxylic acids is 1. The summed E-state index contributed by atoms with van der Waals surface area (Å²) in [6.45, 7) is 7.30. The summed E-state index contributed by atoms with van der Waals surface area (Å²) < 4.78 is 0. The van der Waals surface area contributed by atoms with Gasteiger partial charge in [0.15, 0.2) is 0 Å². The minimum atomic E-state index is -0.624. The van der Waals surface area contributed by atoms with Crippen LogP contribution in [0.1, 0.15) is 27.7 Å². The summed E-state index contributed by atoms with van der Waals surface area (Å²) >= 11 is 0. The lowest BCUT2D eigenvalue weighted by molar-refractivity contribution is -0.185. The Morgan fingerprint density at radius 2 is 2.00 bits per heavy atom. The Morgan fingerprint density at radius 3 is 2.31 bits per heavy atom. The van der Waals surface area contributed by atoms with Crippen molar-refractivity contribution in [3.8, 4) is 0 Å². The Labute approximate surface area is 77.5 Å². The van der Waals surface area contributed by atoms with E-state index in [1.54, 1.807) is 19.9 Å². The van der Waals surface area contributed by atoms with Gasteiger partial charge in [-0.3, -0.25) is 0 Å². The van der Waals surface area contributed by atoms with Crippen molar-refractivity contribution < 1.29 is 10.0 Å². The average molecular weight is 182 g/mol. The molecule has 1 aliphatic rings. The van der Waals surface area contributed by atoms with Crippen molar-refractivity contribution in [2.45, 2.75) is 38.8 Å². The minimum Gasteiger partial charge on any atom is -0.312 e. The first-order valence-electron chi connectivity index (χ1n) is 4.13. The summed E-state index contributed by atoms with van der Waals surface area (Å²) in [6, 6.07) is 0. The summed E-state index contributed by atoms with van der Waals surface area (Å²) in [6.07, 6.45) is 3.25. The maximum absolute atomic E-state index is 10.1. The van der Waals surface area contributed by atoms with Crippen molar-refractivity contribution in [3.05, 3.63) is 11.8 Å². The van der Waals surface area contributed by atoms with Gasteiger partial charge in [-0.25, -0.2) is 4.79 Å². The predicted molar refractivity (Wildman–Crippen MR) is 48.0 cm³/mol. The van der Waals surface area contributed by atoms with Crippen LogP contribution in [0, 0.1) is 0 Å². The van der Waals surface area contributed by atoms with E-state index < -0.39 is 11.1 Å². The van der Waals surface area contributed by atoms with Crippen molar-refractivity contribution in [2.24, 2.45) is 4.99 Å². The summed E-state index contributed by atoms with van der Waals surface area (Å²) in [5, 5.41) is 11.0. The van der Waals surface area contributed by atoms with Crippen LogP contribution in [0.25, 0.3) is 0 Å². The zero-order chi connectivity index (χ0) is 10.3. The van der Waals surface area contributed by atoms with Gasteiger partial charge < -0.3 is 5.21 Å². The molecule has 0 aliphatic carbocycles. The van der Waals surface area contributed by atoms with E-state index in [2.05, 4.69) is 4.99 Å². The Bertz CT molecular complexity index is 299. The van der Waals surface area contributed by atoms with E-state index in [9.17, 15) is 10.0 Å². The molecule has 13 heavy (non-hydrogen) atoms. The second-order valence-corrected chi connectivity index (χ2v) is 4.26. The smallest absolute Gasteiger partial charge is 0.240 e. The lowest BCUT2D eigenvalue weighted by atomic mass is 10.0. The lowest BCUT2D eigenvalue weighted by Crippen LogP contribution is -2.47. The van der Waals surface area contributed by atoms with Gasteiger partial charge >= 0.3 is 0 Å². The highest BCUT2D eigenvalue weighted by atomic mass is 16.5. The first kappa shape index (κ1) is 10.1. The van der Waals surface area contributed by atoms with Gasteiger partial charge in [0.05, 0.1) is 16.8 Å². The Morgan fingerprint density at radius 1 is 1.46 bits per heavy atom. The minimum absolute atomic E-state index is 0.487. The van der Waals surface area contributed by atoms with Crippen LogP contribution in [0.15, 0.2) is 16.8 Å². The molecule has 0 bridgehead atoms. The Balaban J connectivity index is 3.16. The van der Waals surface area contributed by atoms with Gasteiger partial charge in [0.2, 0.25) is 6.08 Å². The molecule has 0 spiro atoms. The van der Waals surface area contributed by atoms with Gasteiger partial charge in [0, 0.05) is 0 Å². The van der Waals surface area contributed by atoms with Gasteiger partial charge in [-0.2, -0.15) is 10.1 Å². The number of hydrogen-bond acceptors (Lipinski definition) is 4. The molecule has 0 radical (unpaired) electrons. The van der Waals surface area contributed by atoms with Gasteiger partial charge in [-0.05, 0) is 33.8 Å². The van der Waals surface area contributed by atoms with Crippen molar-refractivity contribution in [2.75, 3.05) is 0 Å². The Kier molecular flexibility index (Phi) is 2.16. The zero-order valence-electron chi connectivity index (χ0n) is 8.33. The fourth-order valence-corrected chi connectivity index (χ4v) is 1.62. The van der Waals surface area contributed by atoms with Crippen LogP contribution in [0.4, 0.5) is 0 Å². The standard InChI is InChI=1S/C9H14N2O2/c1-8(2)5-7(10-6-12)9(3,4)11(8)13/h5,13H,1-4H3. The highest BCUT2D eigenvalue weighted by Crippen LogP contribution is 2.38. The van der Waals surface area contributed by atoms with E-state index in [0.29, 0.717) is 5.70 Å². The fraction of sp³-hybridized carbons (Fsp3) is 0.667. The highest BCUT2D eigenvalue weighted by molar-refractivity contribution is 5.41. The van der Waals surface area contributed by atoms with Gasteiger partial charge in [0.1, 0.15) is 0 Å². The topological polar surface area (TPSA) is 52.9 Å². The number of nitrogens with zero attached hydrogens (tertiary/aromatic N) is 2. The largest absolute Gasteiger partial charge is 0.312 e. The predicted octanol–water partition coefficient (Wildman–Crippen LogP) is 1.47. The second-order valence-electron chi connectivity index (χ2n) is 4.26. The molecule has 0 saturated carbocycles. The maximum Gasteiger partial charge on any atom is 0.240 e. The molecule has 0 fully saturated rings. The summed E-state index contributed by atoms with van der Waals surface area (Å²) in [7, 11) is 0. The lowest BCUT2D eigenvalue weighted by Gasteiger charge is -2.34. The molecule has 1 N–H and O–H groups in total. The number of isocyanates is 1. The number of rotatable bonds is 1. The molecule has 1 rings (SSSR count). The van der Waals surface area contributed by atoms with Gasteiger partial charge in [-0.15, -0.1) is 0 Å². The monoisotopic (exact) mass is 182 g/mol. The van der Waals surface area contributed by atoms with E-state index in [0.717, 1.165) is 0 Å². The van der Waals surface area contributed by atoms with Crippen LogP contribution in [0.3, 0.4) is 0 Å². The Hall–Kier alpha value is -0.960. The summed E-state index contributed by atoms with van der Waals surface area (Å²) in [4.78, 5) is 13.7. The van der Waals surface area contributed by atoms with Crippen LogP contribution in [0.5, 0.6) is 0 Å². The van der Waals surface area contributed by atoms with Crippen molar-refractivity contribution >= 4 is 6.08 Å². The number of aliphatic imine (C=N–C) groups is 1. The van der Waals surface area contributed by atoms with Crippen LogP contribution in [-0.2, 0) is 4.79 Å². The third-order valence-electron chi connectivity index (χ3n) is 2.36. The van der Waals surface area contributed by atoms with E-state index in [4.69, 9.17) is 0 Å². The zero-order valence-corrected chi connectivity index (χ0v) is 8.33. The number of hydroxylamine groups is 2. The van der Waals surface area contributed by atoms with Crippen LogP contribution >= 0.6 is 0 Å². The molecule has 4 heteroatoms. The normalized spacial score (nSPS) is 25.2. The number of hydrogen-bond donors (Lipinski definition) is 1. The molecule has 0 atom stereocenters. The van der Waals surface area contributed by atoms with Gasteiger partial charge in [0.25, 0.3) is 0 Å². The van der Waals surface area contributed by atoms with E-state index in [-0.39, 0.29) is 0 Å². The van der Waals surface area contributed by atoms with Crippen molar-refractivity contribution in [1.29, 1.82) is 0 Å². The van der Waals surface area contributed by atoms with E-state index in [1.165, 1.54) is 11.1 Å². The summed E-state index contributed by atoms with van der Waals surface area (Å²) in [5.41, 5.74) is -0.560. The molecule has 0 aromatic rings. The molecule has 4 nitrogen and oxygen atoms in total. The summed E-state index contributed by atoms with van der Waals surface area (Å²) in [5.74, 6) is 0. The molecule has 0 saturated heterocycles. The van der Waals surface area contributed by atoms with E-state index >= 15 is 0 Å². The van der Waals surface area contributed by atoms with Crippen LogP contribution in [-0.4, -0.2) is 27.4 Å².